The standard InChI is InChI=1S/C16H14F3N5O2S2/c17-16(18,19)26-12-5-3-11(4-6-12)24-15(21-22-23-24)28-10-14(25)20-8-7-13-2-1-9-27-13/h1-6,9H,7-8,10H2,(H,20,25). The Morgan fingerprint density at radius 1 is 1.25 bits per heavy atom. The van der Waals surface area contributed by atoms with Crippen LogP contribution in [0.1, 0.15) is 4.88 Å². The quantitative estimate of drug-likeness (QED) is 0.555. The lowest BCUT2D eigenvalue weighted by Crippen LogP contribution is -2.27. The number of tetrazole rings is 1. The molecule has 3 rings (SSSR count). The number of hydrogen-bond donors (Lipinski definition) is 1. The number of benzene rings is 1. The third-order valence-electron chi connectivity index (χ3n) is 3.36. The minimum absolute atomic E-state index is 0.111. The molecule has 0 aliphatic heterocycles. The van der Waals surface area contributed by atoms with Crippen molar-refractivity contribution < 1.29 is 22.7 Å². The maximum absolute atomic E-state index is 12.2. The number of thiophene rings is 1. The van der Waals surface area contributed by atoms with Crippen LogP contribution in [0.3, 0.4) is 0 Å². The zero-order chi connectivity index (χ0) is 20.0. The van der Waals surface area contributed by atoms with Crippen molar-refractivity contribution in [3.63, 3.8) is 0 Å². The van der Waals surface area contributed by atoms with E-state index in [0.717, 1.165) is 30.3 Å². The molecule has 148 valence electrons. The molecule has 12 heteroatoms. The van der Waals surface area contributed by atoms with Gasteiger partial charge in [-0.3, -0.25) is 4.79 Å². The normalized spacial score (nSPS) is 11.4. The molecular weight excluding hydrogens is 415 g/mol. The molecule has 0 fully saturated rings. The second-order valence-electron chi connectivity index (χ2n) is 5.38. The first-order chi connectivity index (χ1) is 13.4. The fraction of sp³-hybridized carbons (Fsp3) is 0.250. The Morgan fingerprint density at radius 2 is 2.04 bits per heavy atom. The molecule has 2 aromatic heterocycles. The van der Waals surface area contributed by atoms with Crippen molar-refractivity contribution in [2.45, 2.75) is 17.9 Å². The second-order valence-corrected chi connectivity index (χ2v) is 7.36. The molecule has 28 heavy (non-hydrogen) atoms. The molecule has 1 aromatic carbocycles. The summed E-state index contributed by atoms with van der Waals surface area (Å²) in [5.74, 6) is -0.395. The first kappa shape index (κ1) is 20.1. The van der Waals surface area contributed by atoms with Gasteiger partial charge in [0.15, 0.2) is 0 Å². The summed E-state index contributed by atoms with van der Waals surface area (Å²) in [7, 11) is 0. The average molecular weight is 429 g/mol. The number of halogens is 3. The lowest BCUT2D eigenvalue weighted by molar-refractivity contribution is -0.274. The molecule has 0 saturated heterocycles. The van der Waals surface area contributed by atoms with Crippen LogP contribution in [0.25, 0.3) is 5.69 Å². The minimum Gasteiger partial charge on any atom is -0.406 e. The zero-order valence-electron chi connectivity index (χ0n) is 14.2. The van der Waals surface area contributed by atoms with Crippen LogP contribution in [-0.2, 0) is 11.2 Å². The number of nitrogens with zero attached hydrogens (tertiary/aromatic N) is 4. The highest BCUT2D eigenvalue weighted by Crippen LogP contribution is 2.24. The van der Waals surface area contributed by atoms with Gasteiger partial charge >= 0.3 is 6.36 Å². The molecule has 0 radical (unpaired) electrons. The van der Waals surface area contributed by atoms with Gasteiger partial charge in [-0.25, -0.2) is 0 Å². The monoisotopic (exact) mass is 429 g/mol. The van der Waals surface area contributed by atoms with Crippen LogP contribution in [0.4, 0.5) is 13.2 Å². The van der Waals surface area contributed by atoms with E-state index in [9.17, 15) is 18.0 Å². The molecule has 0 bridgehead atoms. The Morgan fingerprint density at radius 3 is 2.71 bits per heavy atom. The molecule has 7 nitrogen and oxygen atoms in total. The van der Waals surface area contributed by atoms with Crippen molar-refractivity contribution in [2.75, 3.05) is 12.3 Å². The Bertz CT molecular complexity index is 898. The molecule has 0 spiro atoms. The number of ether oxygens (including phenoxy) is 1. The predicted octanol–water partition coefficient (Wildman–Crippen LogP) is 3.07. The van der Waals surface area contributed by atoms with Gasteiger partial charge in [-0.1, -0.05) is 17.8 Å². The summed E-state index contributed by atoms with van der Waals surface area (Å²) in [5.41, 5.74) is 0.445. The highest BCUT2D eigenvalue weighted by atomic mass is 32.2. The number of aromatic nitrogens is 4. The number of carbonyl (C=O) groups is 1. The van der Waals surface area contributed by atoms with Crippen molar-refractivity contribution >= 4 is 29.0 Å². The fourth-order valence-corrected chi connectivity index (χ4v) is 3.61. The van der Waals surface area contributed by atoms with Gasteiger partial charge in [-0.15, -0.1) is 29.6 Å². The number of hydrogen-bond acceptors (Lipinski definition) is 7. The van der Waals surface area contributed by atoms with Crippen LogP contribution in [0, 0.1) is 0 Å². The van der Waals surface area contributed by atoms with E-state index in [1.807, 2.05) is 17.5 Å². The van der Waals surface area contributed by atoms with E-state index in [1.165, 1.54) is 21.7 Å². The van der Waals surface area contributed by atoms with Gasteiger partial charge in [0.25, 0.3) is 0 Å². The van der Waals surface area contributed by atoms with Gasteiger partial charge < -0.3 is 10.1 Å². The van der Waals surface area contributed by atoms with Gasteiger partial charge in [-0.05, 0) is 52.6 Å². The molecule has 3 aromatic rings. The van der Waals surface area contributed by atoms with Gasteiger partial charge in [0, 0.05) is 11.4 Å². The van der Waals surface area contributed by atoms with Gasteiger partial charge in [-0.2, -0.15) is 4.68 Å². The molecule has 0 saturated carbocycles. The summed E-state index contributed by atoms with van der Waals surface area (Å²) in [6.45, 7) is 0.533. The summed E-state index contributed by atoms with van der Waals surface area (Å²) in [4.78, 5) is 13.2. The van der Waals surface area contributed by atoms with E-state index in [2.05, 4.69) is 25.6 Å². The van der Waals surface area contributed by atoms with Crippen molar-refractivity contribution in [3.8, 4) is 11.4 Å². The Hall–Kier alpha value is -2.60. The van der Waals surface area contributed by atoms with Crippen LogP contribution in [0.2, 0.25) is 0 Å². The first-order valence-electron chi connectivity index (χ1n) is 7.97. The van der Waals surface area contributed by atoms with Gasteiger partial charge in [0.05, 0.1) is 11.4 Å². The molecule has 1 N–H and O–H groups in total. The van der Waals surface area contributed by atoms with Crippen molar-refractivity contribution in [1.29, 1.82) is 0 Å². The van der Waals surface area contributed by atoms with Crippen molar-refractivity contribution in [2.24, 2.45) is 0 Å². The minimum atomic E-state index is -4.76. The molecule has 0 aliphatic rings. The van der Waals surface area contributed by atoms with E-state index in [-0.39, 0.29) is 17.4 Å². The van der Waals surface area contributed by atoms with Crippen LogP contribution < -0.4 is 10.1 Å². The Kier molecular flexibility index (Phi) is 6.52. The maximum atomic E-state index is 12.2. The molecule has 2 heterocycles. The highest BCUT2D eigenvalue weighted by Gasteiger charge is 2.31. The third kappa shape index (κ3) is 5.96. The molecular formula is C16H14F3N5O2S2. The first-order valence-corrected chi connectivity index (χ1v) is 9.84. The van der Waals surface area contributed by atoms with Gasteiger partial charge in [0.2, 0.25) is 11.1 Å². The molecule has 0 unspecified atom stereocenters. The van der Waals surface area contributed by atoms with Crippen LogP contribution in [0.15, 0.2) is 46.9 Å². The predicted molar refractivity (Wildman–Crippen MR) is 97.6 cm³/mol. The number of carbonyl (C=O) groups excluding carboxylic acids is 1. The largest absolute Gasteiger partial charge is 0.573 e. The number of amides is 1. The molecule has 0 aliphatic carbocycles. The van der Waals surface area contributed by atoms with E-state index in [1.54, 1.807) is 11.3 Å². The van der Waals surface area contributed by atoms with Crippen molar-refractivity contribution in [1.82, 2.24) is 25.5 Å². The van der Waals surface area contributed by atoms with E-state index in [0.29, 0.717) is 17.4 Å². The second kappa shape index (κ2) is 9.06. The van der Waals surface area contributed by atoms with E-state index < -0.39 is 6.36 Å². The van der Waals surface area contributed by atoms with E-state index >= 15 is 0 Å². The van der Waals surface area contributed by atoms with Crippen LogP contribution >= 0.6 is 23.1 Å². The van der Waals surface area contributed by atoms with Crippen LogP contribution in [0.5, 0.6) is 5.75 Å². The summed E-state index contributed by atoms with van der Waals surface area (Å²) >= 11 is 2.76. The summed E-state index contributed by atoms with van der Waals surface area (Å²) < 4.78 is 41.8. The molecule has 0 atom stereocenters. The van der Waals surface area contributed by atoms with E-state index in [4.69, 9.17) is 0 Å². The number of nitrogens with one attached hydrogen (secondary N) is 1. The topological polar surface area (TPSA) is 81.9 Å². The Labute approximate surface area is 165 Å². The Balaban J connectivity index is 1.52. The number of alkyl halides is 3. The van der Waals surface area contributed by atoms with Crippen molar-refractivity contribution in [3.05, 3.63) is 46.7 Å². The third-order valence-corrected chi connectivity index (χ3v) is 5.22. The summed E-state index contributed by atoms with van der Waals surface area (Å²) in [6.07, 6.45) is -3.99. The van der Waals surface area contributed by atoms with Crippen LogP contribution in [-0.4, -0.2) is 44.8 Å². The lowest BCUT2D eigenvalue weighted by atomic mass is 10.3. The fourth-order valence-electron chi connectivity index (χ4n) is 2.18. The number of thioether (sulfide) groups is 1. The zero-order valence-corrected chi connectivity index (χ0v) is 15.9. The summed E-state index contributed by atoms with van der Waals surface area (Å²) in [5, 5.41) is 16.3. The number of rotatable bonds is 8. The average Bonchev–Trinajstić information content (AvgIpc) is 3.31. The van der Waals surface area contributed by atoms with Gasteiger partial charge in [0.1, 0.15) is 5.75 Å². The molecule has 1 amide bonds. The summed E-state index contributed by atoms with van der Waals surface area (Å²) in [6, 6.07) is 9.07. The lowest BCUT2D eigenvalue weighted by Gasteiger charge is -2.09. The highest BCUT2D eigenvalue weighted by molar-refractivity contribution is 7.99. The smallest absolute Gasteiger partial charge is 0.406 e. The SMILES string of the molecule is O=C(CSc1nnnn1-c1ccc(OC(F)(F)F)cc1)NCCc1cccs1. The maximum Gasteiger partial charge on any atom is 0.573 e.